The quantitative estimate of drug-likeness (QED) is 0.0878. The van der Waals surface area contributed by atoms with Crippen LogP contribution in [-0.4, -0.2) is 65.1 Å². The number of cyclic esters (lactones) is 1. The number of carbonyl (C=O) groups is 4. The van der Waals surface area contributed by atoms with Gasteiger partial charge in [-0.25, -0.2) is 4.79 Å². The van der Waals surface area contributed by atoms with E-state index < -0.39 is 64.9 Å². The van der Waals surface area contributed by atoms with Gasteiger partial charge in [0.25, 0.3) is 0 Å². The molecule has 5 aromatic rings. The molecule has 60 heavy (non-hydrogen) atoms. The maximum absolute atomic E-state index is 15.5. The Bertz CT molecular complexity index is 2510. The van der Waals surface area contributed by atoms with E-state index in [0.717, 1.165) is 21.7 Å². The van der Waals surface area contributed by atoms with Crippen LogP contribution < -0.4 is 31.7 Å². The molecule has 0 aliphatic carbocycles. The van der Waals surface area contributed by atoms with Crippen molar-refractivity contribution in [3.05, 3.63) is 155 Å². The predicted molar refractivity (Wildman–Crippen MR) is 224 cm³/mol. The smallest absolute Gasteiger partial charge is 0.324 e. The summed E-state index contributed by atoms with van der Waals surface area (Å²) in [6.07, 6.45) is -0.827. The molecule has 4 aliphatic heterocycles. The third kappa shape index (κ3) is 6.76. The highest BCUT2D eigenvalue weighted by Crippen LogP contribution is 2.65. The molecular weight excluding hydrogens is 781 g/mol. The summed E-state index contributed by atoms with van der Waals surface area (Å²) in [5.74, 6) is 3.48. The van der Waals surface area contributed by atoms with Crippen molar-refractivity contribution in [2.24, 2.45) is 11.7 Å². The van der Waals surface area contributed by atoms with Crippen LogP contribution in [0.4, 0.5) is 16.2 Å². The maximum atomic E-state index is 15.5. The van der Waals surface area contributed by atoms with Crippen LogP contribution in [0.1, 0.15) is 46.0 Å². The first kappa shape index (κ1) is 38.7. The van der Waals surface area contributed by atoms with E-state index in [1.54, 1.807) is 30.3 Å². The van der Waals surface area contributed by atoms with Crippen molar-refractivity contribution in [3.8, 4) is 17.6 Å². The molecule has 0 radical (unpaired) electrons. The van der Waals surface area contributed by atoms with Gasteiger partial charge in [-0.3, -0.25) is 19.3 Å². The van der Waals surface area contributed by atoms with E-state index >= 15 is 14.4 Å². The zero-order chi connectivity index (χ0) is 41.4. The number of carbonyl (C=O) groups excluding carboxylic acids is 4. The number of urea groups is 1. The van der Waals surface area contributed by atoms with Crippen LogP contribution in [0.5, 0.6) is 5.75 Å². The molecule has 2 fully saturated rings. The van der Waals surface area contributed by atoms with Crippen LogP contribution in [0.15, 0.2) is 132 Å². The number of benzene rings is 5. The number of hydrogen-bond acceptors (Lipinski definition) is 10. The molecule has 7 N–H and O–H groups in total. The van der Waals surface area contributed by atoms with Crippen LogP contribution in [0.3, 0.4) is 0 Å². The summed E-state index contributed by atoms with van der Waals surface area (Å²) >= 11 is 1.42. The van der Waals surface area contributed by atoms with Gasteiger partial charge < -0.3 is 41.6 Å². The van der Waals surface area contributed by atoms with Gasteiger partial charge in [-0.15, -0.1) is 0 Å². The van der Waals surface area contributed by atoms with Gasteiger partial charge in [-0.1, -0.05) is 109 Å². The SMILES string of the molecule is NC(=O)NCC#Cc1ccc2c(c1)[C@]1(C(=O)N2)[C@H](C(=O)NC2Nc3ccccc3S2)[C@H]2C(=O)O[C@H](c3ccccc3)[C@H](c3ccccc3)N2[C@@H]1c1ccc(OCCO)cc1. The van der Waals surface area contributed by atoms with Crippen molar-refractivity contribution >= 4 is 47.0 Å². The highest BCUT2D eigenvalue weighted by atomic mass is 32.2. The van der Waals surface area contributed by atoms with E-state index in [1.807, 2.05) is 102 Å². The standard InChI is InChI=1S/C46H40N6O7S/c47-44(57)48-23-9-10-27-17-22-33-32(26-27)46(43(56)49-33)36(41(54)51-45-50-34-15-7-8-16-35(34)60-45)38-42(55)59-39(29-13-5-2-6-14-29)37(28-11-3-1-4-12-28)52(38)40(46)30-18-20-31(21-19-30)58-25-24-53/h1-8,11-22,26,36-40,45,50,53H,23-25H2,(H,49,56)(H,51,54)(H3,47,48,57)/t36-,37-,38-,39+,40+,45?,46-/m0/s1. The van der Waals surface area contributed by atoms with Gasteiger partial charge in [0.15, 0.2) is 5.50 Å². The van der Waals surface area contributed by atoms with Crippen LogP contribution >= 0.6 is 11.8 Å². The average Bonchev–Trinajstić information content (AvgIpc) is 3.92. The minimum Gasteiger partial charge on any atom is -0.491 e. The maximum Gasteiger partial charge on any atom is 0.324 e. The molecule has 0 aromatic heterocycles. The Morgan fingerprint density at radius 3 is 2.30 bits per heavy atom. The fourth-order valence-electron chi connectivity index (χ4n) is 9.13. The van der Waals surface area contributed by atoms with Crippen molar-refractivity contribution < 1.29 is 33.8 Å². The Morgan fingerprint density at radius 1 is 0.867 bits per heavy atom. The number of nitrogens with zero attached hydrogens (tertiary/aromatic N) is 1. The summed E-state index contributed by atoms with van der Waals surface area (Å²) in [5.41, 5.74) is 7.43. The number of amides is 4. The van der Waals surface area contributed by atoms with Crippen LogP contribution in [0.2, 0.25) is 0 Å². The van der Waals surface area contributed by atoms with Crippen LogP contribution in [0.25, 0.3) is 0 Å². The molecule has 4 heterocycles. The normalized spacial score (nSPS) is 24.8. The molecule has 9 rings (SSSR count). The van der Waals surface area contributed by atoms with Gasteiger partial charge in [-0.2, -0.15) is 0 Å². The zero-order valence-electron chi connectivity index (χ0n) is 32.0. The predicted octanol–water partition coefficient (Wildman–Crippen LogP) is 4.97. The number of thioether (sulfide) groups is 1. The summed E-state index contributed by atoms with van der Waals surface area (Å²) in [4.78, 5) is 60.3. The number of primary amides is 1. The van der Waals surface area contributed by atoms with Crippen molar-refractivity contribution in [3.63, 3.8) is 0 Å². The van der Waals surface area contributed by atoms with Gasteiger partial charge in [0, 0.05) is 16.1 Å². The summed E-state index contributed by atoms with van der Waals surface area (Å²) in [5, 5.41) is 21.6. The Balaban J connectivity index is 1.28. The van der Waals surface area contributed by atoms with E-state index in [2.05, 4.69) is 33.1 Å². The topological polar surface area (TPSA) is 184 Å². The molecule has 0 bridgehead atoms. The number of nitrogens with one attached hydrogen (secondary N) is 4. The minimum absolute atomic E-state index is 0.0110. The third-order valence-corrected chi connectivity index (χ3v) is 12.5. The summed E-state index contributed by atoms with van der Waals surface area (Å²) in [6, 6.07) is 35.7. The van der Waals surface area contributed by atoms with Crippen molar-refractivity contribution in [2.45, 2.75) is 40.0 Å². The number of anilines is 2. The third-order valence-electron chi connectivity index (χ3n) is 11.4. The second-order valence-corrected chi connectivity index (χ2v) is 15.9. The van der Waals surface area contributed by atoms with Crippen molar-refractivity contribution in [2.75, 3.05) is 30.4 Å². The zero-order valence-corrected chi connectivity index (χ0v) is 32.9. The van der Waals surface area contributed by atoms with Gasteiger partial charge in [0.2, 0.25) is 11.8 Å². The number of rotatable bonds is 9. The summed E-state index contributed by atoms with van der Waals surface area (Å²) in [7, 11) is 0. The van der Waals surface area contributed by atoms with Crippen LogP contribution in [0, 0.1) is 17.8 Å². The minimum atomic E-state index is -1.74. The highest BCUT2D eigenvalue weighted by Gasteiger charge is 2.74. The molecule has 4 aliphatic rings. The lowest BCUT2D eigenvalue weighted by molar-refractivity contribution is -0.178. The highest BCUT2D eigenvalue weighted by molar-refractivity contribution is 8.00. The van der Waals surface area contributed by atoms with Gasteiger partial charge >= 0.3 is 12.0 Å². The molecule has 2 saturated heterocycles. The molecule has 4 amide bonds. The molecule has 302 valence electrons. The second-order valence-electron chi connectivity index (χ2n) is 14.8. The molecule has 1 spiro atoms. The monoisotopic (exact) mass is 820 g/mol. The number of aliphatic hydroxyl groups excluding tert-OH is 1. The number of nitrogens with two attached hydrogens (primary N) is 1. The Hall–Kier alpha value is -6.79. The molecule has 13 nitrogen and oxygen atoms in total. The molecule has 14 heteroatoms. The van der Waals surface area contributed by atoms with Gasteiger partial charge in [-0.05, 0) is 64.7 Å². The molecule has 1 unspecified atom stereocenters. The van der Waals surface area contributed by atoms with Crippen LogP contribution in [-0.2, 0) is 24.5 Å². The molecule has 7 atom stereocenters. The summed E-state index contributed by atoms with van der Waals surface area (Å²) < 4.78 is 12.3. The number of fused-ring (bicyclic) bond motifs is 4. The number of ether oxygens (including phenoxy) is 2. The first-order valence-corrected chi connectivity index (χ1v) is 20.4. The molecule has 5 aromatic carbocycles. The van der Waals surface area contributed by atoms with Gasteiger partial charge in [0.05, 0.1) is 36.8 Å². The lowest BCUT2D eigenvalue weighted by Gasteiger charge is -2.46. The Labute approximate surface area is 350 Å². The Kier molecular flexibility index (Phi) is 10.4. The fraction of sp³-hybridized carbons (Fsp3) is 0.217. The van der Waals surface area contributed by atoms with Crippen molar-refractivity contribution in [1.82, 2.24) is 15.5 Å². The van der Waals surface area contributed by atoms with E-state index in [9.17, 15) is 9.90 Å². The number of morpholine rings is 1. The summed E-state index contributed by atoms with van der Waals surface area (Å²) in [6.45, 7) is -0.111. The van der Waals surface area contributed by atoms with Crippen molar-refractivity contribution in [1.29, 1.82) is 0 Å². The molecule has 0 saturated carbocycles. The lowest BCUT2D eigenvalue weighted by atomic mass is 9.65. The van der Waals surface area contributed by atoms with E-state index in [4.69, 9.17) is 15.2 Å². The first-order chi connectivity index (χ1) is 29.3. The lowest BCUT2D eigenvalue weighted by Crippen LogP contribution is -2.56. The molecular formula is C46H40N6O7S. The number of hydrogen-bond donors (Lipinski definition) is 6. The second kappa shape index (κ2) is 16.1. The first-order valence-electron chi connectivity index (χ1n) is 19.5. The Morgan fingerprint density at radius 2 is 1.58 bits per heavy atom. The average molecular weight is 821 g/mol. The van der Waals surface area contributed by atoms with E-state index in [0.29, 0.717) is 28.1 Å². The number of para-hydroxylation sites is 1. The largest absolute Gasteiger partial charge is 0.491 e. The number of aliphatic hydroxyl groups is 1. The van der Waals surface area contributed by atoms with E-state index in [-0.39, 0.29) is 19.8 Å². The van der Waals surface area contributed by atoms with E-state index in [1.165, 1.54) is 11.8 Å². The fourth-order valence-corrected chi connectivity index (χ4v) is 10.2. The van der Waals surface area contributed by atoms with Gasteiger partial charge in [0.1, 0.15) is 29.9 Å². The number of esters is 1.